The number of hydrogen-bond donors (Lipinski definition) is 1. The van der Waals surface area contributed by atoms with Crippen LogP contribution >= 0.6 is 0 Å². The van der Waals surface area contributed by atoms with Gasteiger partial charge in [0.25, 0.3) is 0 Å². The molecule has 3 aromatic rings. The Bertz CT molecular complexity index is 780. The molecule has 0 aliphatic heterocycles. The lowest BCUT2D eigenvalue weighted by atomic mass is 10.2. The molecular formula is C17H16FNO2. The molecule has 0 bridgehead atoms. The summed E-state index contributed by atoms with van der Waals surface area (Å²) in [7, 11) is 0. The van der Waals surface area contributed by atoms with Crippen molar-refractivity contribution in [1.29, 1.82) is 0 Å². The first-order chi connectivity index (χ1) is 10.2. The van der Waals surface area contributed by atoms with Crippen LogP contribution in [0.15, 0.2) is 48.7 Å². The highest BCUT2D eigenvalue weighted by Crippen LogP contribution is 2.27. The zero-order chi connectivity index (χ0) is 14.8. The van der Waals surface area contributed by atoms with E-state index >= 15 is 0 Å². The molecule has 0 saturated carbocycles. The fraction of sp³-hybridized carbons (Fsp3) is 0.176. The molecule has 0 unspecified atom stereocenters. The van der Waals surface area contributed by atoms with E-state index in [0.29, 0.717) is 0 Å². The predicted molar refractivity (Wildman–Crippen MR) is 80.0 cm³/mol. The number of aromatic nitrogens is 1. The number of ether oxygens (including phenoxy) is 1. The van der Waals surface area contributed by atoms with Crippen molar-refractivity contribution < 1.29 is 14.2 Å². The zero-order valence-electron chi connectivity index (χ0n) is 11.7. The number of para-hydroxylation sites is 1. The van der Waals surface area contributed by atoms with Gasteiger partial charge in [0.1, 0.15) is 12.4 Å². The molecule has 0 spiro atoms. The Kier molecular flexibility index (Phi) is 3.52. The molecule has 0 amide bonds. The normalized spacial score (nSPS) is 11.0. The largest absolute Gasteiger partial charge is 0.508 e. The highest BCUT2D eigenvalue weighted by Gasteiger charge is 2.10. The zero-order valence-corrected chi connectivity index (χ0v) is 11.7. The second-order valence-corrected chi connectivity index (χ2v) is 4.86. The molecule has 0 atom stereocenters. The summed E-state index contributed by atoms with van der Waals surface area (Å²) in [5, 5.41) is 10.6. The van der Waals surface area contributed by atoms with E-state index in [2.05, 4.69) is 0 Å². The van der Waals surface area contributed by atoms with Gasteiger partial charge in [-0.15, -0.1) is 0 Å². The average molecular weight is 285 g/mol. The smallest absolute Gasteiger partial charge is 0.165 e. The molecule has 0 radical (unpaired) electrons. The van der Waals surface area contributed by atoms with Gasteiger partial charge in [-0.3, -0.25) is 0 Å². The maximum absolute atomic E-state index is 13.6. The lowest BCUT2D eigenvalue weighted by molar-refractivity contribution is 0.291. The van der Waals surface area contributed by atoms with Crippen molar-refractivity contribution in [3.63, 3.8) is 0 Å². The van der Waals surface area contributed by atoms with E-state index in [-0.39, 0.29) is 23.9 Å². The minimum atomic E-state index is -0.366. The lowest BCUT2D eigenvalue weighted by Crippen LogP contribution is -1.96. The molecule has 0 saturated heterocycles. The first-order valence-corrected chi connectivity index (χ1v) is 6.87. The highest BCUT2D eigenvalue weighted by molar-refractivity contribution is 5.85. The van der Waals surface area contributed by atoms with Crippen LogP contribution in [0.3, 0.4) is 0 Å². The highest BCUT2D eigenvalue weighted by atomic mass is 19.1. The SMILES string of the molecule is CCn1cc(COc2ccccc2F)c2ccc(O)cc21. The first-order valence-electron chi connectivity index (χ1n) is 6.87. The molecule has 0 aliphatic carbocycles. The number of phenols is 1. The molecule has 21 heavy (non-hydrogen) atoms. The van der Waals surface area contributed by atoms with Gasteiger partial charge in [-0.2, -0.15) is 0 Å². The van der Waals surface area contributed by atoms with Crippen molar-refractivity contribution >= 4 is 10.9 Å². The van der Waals surface area contributed by atoms with Crippen LogP contribution in [0.2, 0.25) is 0 Å². The number of fused-ring (bicyclic) bond motifs is 1. The summed E-state index contributed by atoms with van der Waals surface area (Å²) in [6.45, 7) is 3.11. The van der Waals surface area contributed by atoms with Gasteiger partial charge in [0, 0.05) is 29.8 Å². The predicted octanol–water partition coefficient (Wildman–Crippen LogP) is 4.08. The van der Waals surface area contributed by atoms with Gasteiger partial charge in [-0.25, -0.2) is 4.39 Å². The molecule has 0 aliphatic rings. The second kappa shape index (κ2) is 5.48. The van der Waals surface area contributed by atoms with Crippen LogP contribution in [0, 0.1) is 5.82 Å². The second-order valence-electron chi connectivity index (χ2n) is 4.86. The van der Waals surface area contributed by atoms with Crippen molar-refractivity contribution in [2.24, 2.45) is 0 Å². The van der Waals surface area contributed by atoms with Gasteiger partial charge in [-0.1, -0.05) is 12.1 Å². The number of benzene rings is 2. The van der Waals surface area contributed by atoms with Gasteiger partial charge in [0.15, 0.2) is 11.6 Å². The molecule has 1 N–H and O–H groups in total. The van der Waals surface area contributed by atoms with Crippen molar-refractivity contribution in [3.8, 4) is 11.5 Å². The van der Waals surface area contributed by atoms with Crippen molar-refractivity contribution in [2.45, 2.75) is 20.1 Å². The summed E-state index contributed by atoms with van der Waals surface area (Å²) in [4.78, 5) is 0. The molecular weight excluding hydrogens is 269 g/mol. The van der Waals surface area contributed by atoms with Crippen LogP contribution in [-0.4, -0.2) is 9.67 Å². The van der Waals surface area contributed by atoms with Crippen LogP contribution < -0.4 is 4.74 Å². The molecule has 2 aromatic carbocycles. The number of nitrogens with zero attached hydrogens (tertiary/aromatic N) is 1. The van der Waals surface area contributed by atoms with Gasteiger partial charge in [0.2, 0.25) is 0 Å². The molecule has 1 heterocycles. The van der Waals surface area contributed by atoms with E-state index in [4.69, 9.17) is 4.74 Å². The Morgan fingerprint density at radius 2 is 2.00 bits per heavy atom. The van der Waals surface area contributed by atoms with E-state index in [9.17, 15) is 9.50 Å². The summed E-state index contributed by atoms with van der Waals surface area (Å²) < 4.78 is 21.2. The number of phenolic OH excluding ortho intramolecular Hbond substituents is 1. The number of halogens is 1. The van der Waals surface area contributed by atoms with Crippen LogP contribution in [0.1, 0.15) is 12.5 Å². The van der Waals surface area contributed by atoms with Crippen LogP contribution in [0.4, 0.5) is 4.39 Å². The summed E-state index contributed by atoms with van der Waals surface area (Å²) in [5.41, 5.74) is 1.92. The van der Waals surface area contributed by atoms with E-state index in [0.717, 1.165) is 23.0 Å². The number of aryl methyl sites for hydroxylation is 1. The average Bonchev–Trinajstić information content (AvgIpc) is 2.83. The maximum Gasteiger partial charge on any atom is 0.165 e. The summed E-state index contributed by atoms with van der Waals surface area (Å²) >= 11 is 0. The number of hydrogen-bond acceptors (Lipinski definition) is 2. The third-order valence-corrected chi connectivity index (χ3v) is 3.51. The van der Waals surface area contributed by atoms with E-state index in [1.165, 1.54) is 6.07 Å². The first kappa shape index (κ1) is 13.5. The van der Waals surface area contributed by atoms with Crippen molar-refractivity contribution in [2.75, 3.05) is 0 Å². The number of aromatic hydroxyl groups is 1. The molecule has 108 valence electrons. The quantitative estimate of drug-likeness (QED) is 0.783. The molecule has 0 fully saturated rings. The Hall–Kier alpha value is -2.49. The van der Waals surface area contributed by atoms with Gasteiger partial charge >= 0.3 is 0 Å². The molecule has 1 aromatic heterocycles. The van der Waals surface area contributed by atoms with Crippen LogP contribution in [-0.2, 0) is 13.2 Å². The van der Waals surface area contributed by atoms with E-state index in [1.54, 1.807) is 30.3 Å². The lowest BCUT2D eigenvalue weighted by Gasteiger charge is -2.06. The van der Waals surface area contributed by atoms with Crippen LogP contribution in [0.5, 0.6) is 11.5 Å². The molecule has 4 heteroatoms. The summed E-state index contributed by atoms with van der Waals surface area (Å²) in [5.74, 6) is 0.111. The molecule has 3 nitrogen and oxygen atoms in total. The van der Waals surface area contributed by atoms with Gasteiger partial charge in [-0.05, 0) is 31.2 Å². The summed E-state index contributed by atoms with van der Waals surface area (Å²) in [6.07, 6.45) is 1.98. The standard InChI is InChI=1S/C17H16FNO2/c1-2-19-10-12(14-8-7-13(20)9-16(14)19)11-21-17-6-4-3-5-15(17)18/h3-10,20H,2,11H2,1H3. The van der Waals surface area contributed by atoms with Gasteiger partial charge < -0.3 is 14.4 Å². The van der Waals surface area contributed by atoms with E-state index < -0.39 is 0 Å². The Morgan fingerprint density at radius 1 is 1.19 bits per heavy atom. The topological polar surface area (TPSA) is 34.4 Å². The van der Waals surface area contributed by atoms with Gasteiger partial charge in [0.05, 0.1) is 5.52 Å². The Morgan fingerprint density at radius 3 is 2.76 bits per heavy atom. The van der Waals surface area contributed by atoms with Crippen molar-refractivity contribution in [3.05, 3.63) is 60.0 Å². The third-order valence-electron chi connectivity index (χ3n) is 3.51. The number of rotatable bonds is 4. The Labute approximate surface area is 122 Å². The van der Waals surface area contributed by atoms with Crippen LogP contribution in [0.25, 0.3) is 10.9 Å². The minimum absolute atomic E-state index is 0.233. The monoisotopic (exact) mass is 285 g/mol. The summed E-state index contributed by atoms with van der Waals surface area (Å²) in [6, 6.07) is 11.6. The van der Waals surface area contributed by atoms with Crippen molar-refractivity contribution in [1.82, 2.24) is 4.57 Å². The fourth-order valence-corrected chi connectivity index (χ4v) is 2.45. The fourth-order valence-electron chi connectivity index (χ4n) is 2.45. The van der Waals surface area contributed by atoms with E-state index in [1.807, 2.05) is 23.8 Å². The third kappa shape index (κ3) is 2.57. The Balaban J connectivity index is 1.92. The molecule has 3 rings (SSSR count). The minimum Gasteiger partial charge on any atom is -0.508 e. The maximum atomic E-state index is 13.6.